The van der Waals surface area contributed by atoms with Crippen molar-refractivity contribution in [3.05, 3.63) is 23.5 Å². The zero-order valence-electron chi connectivity index (χ0n) is 9.32. The van der Waals surface area contributed by atoms with Gasteiger partial charge in [0.2, 0.25) is 0 Å². The van der Waals surface area contributed by atoms with E-state index in [-0.39, 0.29) is 6.42 Å². The van der Waals surface area contributed by atoms with Gasteiger partial charge in [-0.15, -0.1) is 0 Å². The van der Waals surface area contributed by atoms with Crippen LogP contribution in [0.25, 0.3) is 0 Å². The minimum absolute atomic E-state index is 0.150. The number of carbonyl (C=O) groups is 1. The zero-order valence-corrected chi connectivity index (χ0v) is 9.32. The van der Waals surface area contributed by atoms with Crippen LogP contribution in [0.1, 0.15) is 17.7 Å². The molecule has 0 aliphatic rings. The van der Waals surface area contributed by atoms with Crippen molar-refractivity contribution in [2.45, 2.75) is 20.3 Å². The molecule has 1 aromatic heterocycles. The second kappa shape index (κ2) is 4.77. The van der Waals surface area contributed by atoms with E-state index in [4.69, 9.17) is 5.11 Å². The van der Waals surface area contributed by atoms with E-state index in [1.165, 1.54) is 0 Å². The molecule has 1 heterocycles. The van der Waals surface area contributed by atoms with E-state index in [1.807, 2.05) is 31.9 Å². The Kier molecular flexibility index (Phi) is 3.66. The molecule has 0 unspecified atom stereocenters. The summed E-state index contributed by atoms with van der Waals surface area (Å²) in [5, 5.41) is 8.59. The fraction of sp³-hybridized carbons (Fsp3) is 0.455. The van der Waals surface area contributed by atoms with Gasteiger partial charge in [0.05, 0.1) is 6.42 Å². The third-order valence-corrected chi connectivity index (χ3v) is 2.50. The molecule has 0 amide bonds. The molecule has 0 saturated heterocycles. The van der Waals surface area contributed by atoms with Crippen molar-refractivity contribution in [2.75, 3.05) is 18.5 Å². The zero-order chi connectivity index (χ0) is 11.4. The quantitative estimate of drug-likeness (QED) is 0.816. The van der Waals surface area contributed by atoms with E-state index < -0.39 is 5.97 Å². The largest absolute Gasteiger partial charge is 0.481 e. The molecular formula is C11H16N2O2. The van der Waals surface area contributed by atoms with E-state index in [9.17, 15) is 4.79 Å². The monoisotopic (exact) mass is 208 g/mol. The second-order valence-electron chi connectivity index (χ2n) is 3.61. The Hall–Kier alpha value is -1.58. The Morgan fingerprint density at radius 1 is 1.53 bits per heavy atom. The molecule has 1 N–H and O–H groups in total. The fourth-order valence-electron chi connectivity index (χ4n) is 1.42. The minimum Gasteiger partial charge on any atom is -0.481 e. The Morgan fingerprint density at radius 2 is 2.20 bits per heavy atom. The number of carboxylic acids is 1. The van der Waals surface area contributed by atoms with Gasteiger partial charge in [-0.2, -0.15) is 0 Å². The fourth-order valence-corrected chi connectivity index (χ4v) is 1.42. The highest BCUT2D eigenvalue weighted by atomic mass is 16.4. The summed E-state index contributed by atoms with van der Waals surface area (Å²) in [5.41, 5.74) is 3.13. The van der Waals surface area contributed by atoms with E-state index >= 15 is 0 Å². The van der Waals surface area contributed by atoms with E-state index in [2.05, 4.69) is 4.98 Å². The Bertz CT molecular complexity index is 364. The van der Waals surface area contributed by atoms with Gasteiger partial charge in [0, 0.05) is 31.2 Å². The number of hydrogen-bond acceptors (Lipinski definition) is 3. The van der Waals surface area contributed by atoms with Gasteiger partial charge >= 0.3 is 5.97 Å². The maximum absolute atomic E-state index is 10.4. The number of pyridine rings is 1. The first-order valence-corrected chi connectivity index (χ1v) is 4.87. The van der Waals surface area contributed by atoms with Crippen LogP contribution in [-0.2, 0) is 4.79 Å². The van der Waals surface area contributed by atoms with Crippen LogP contribution < -0.4 is 4.90 Å². The van der Waals surface area contributed by atoms with Gasteiger partial charge in [-0.3, -0.25) is 9.78 Å². The molecule has 0 aliphatic carbocycles. The van der Waals surface area contributed by atoms with Crippen molar-refractivity contribution in [3.63, 3.8) is 0 Å². The number of aromatic nitrogens is 1. The summed E-state index contributed by atoms with van der Waals surface area (Å²) in [6.07, 6.45) is 1.90. The maximum atomic E-state index is 10.4. The predicted octanol–water partition coefficient (Wildman–Crippen LogP) is 1.61. The van der Waals surface area contributed by atoms with Gasteiger partial charge in [-0.05, 0) is 25.5 Å². The number of hydrogen-bond donors (Lipinski definition) is 1. The minimum atomic E-state index is -0.773. The third kappa shape index (κ3) is 2.94. The smallest absolute Gasteiger partial charge is 0.305 e. The lowest BCUT2D eigenvalue weighted by Crippen LogP contribution is -2.22. The molecule has 0 atom stereocenters. The lowest BCUT2D eigenvalue weighted by Gasteiger charge is -2.21. The summed E-state index contributed by atoms with van der Waals surface area (Å²) in [5.74, 6) is -0.773. The highest BCUT2D eigenvalue weighted by Gasteiger charge is 2.07. The molecule has 4 heteroatoms. The molecule has 1 rings (SSSR count). The summed E-state index contributed by atoms with van der Waals surface area (Å²) in [6.45, 7) is 4.46. The second-order valence-corrected chi connectivity index (χ2v) is 3.61. The van der Waals surface area contributed by atoms with Crippen molar-refractivity contribution in [2.24, 2.45) is 0 Å². The van der Waals surface area contributed by atoms with Gasteiger partial charge in [0.1, 0.15) is 0 Å². The van der Waals surface area contributed by atoms with Crippen molar-refractivity contribution < 1.29 is 9.90 Å². The summed E-state index contributed by atoms with van der Waals surface area (Å²) in [4.78, 5) is 16.6. The molecule has 0 radical (unpaired) electrons. The summed E-state index contributed by atoms with van der Waals surface area (Å²) in [7, 11) is 1.89. The Labute approximate surface area is 89.6 Å². The van der Waals surface area contributed by atoms with Gasteiger partial charge in [-0.25, -0.2) is 0 Å². The molecule has 0 bridgehead atoms. The van der Waals surface area contributed by atoms with E-state index in [0.717, 1.165) is 16.9 Å². The highest BCUT2D eigenvalue weighted by Crippen LogP contribution is 2.19. The number of aliphatic carboxylic acids is 1. The van der Waals surface area contributed by atoms with E-state index in [1.54, 1.807) is 6.20 Å². The Balaban J connectivity index is 2.77. The molecule has 0 aromatic carbocycles. The predicted molar refractivity (Wildman–Crippen MR) is 59.2 cm³/mol. The molecule has 0 fully saturated rings. The van der Waals surface area contributed by atoms with Crippen LogP contribution >= 0.6 is 0 Å². The molecule has 0 aliphatic heterocycles. The van der Waals surface area contributed by atoms with E-state index in [0.29, 0.717) is 6.54 Å². The lowest BCUT2D eigenvalue weighted by molar-refractivity contribution is -0.136. The summed E-state index contributed by atoms with van der Waals surface area (Å²) in [6, 6.07) is 1.91. The first-order valence-electron chi connectivity index (χ1n) is 4.87. The van der Waals surface area contributed by atoms with Crippen molar-refractivity contribution >= 4 is 11.7 Å². The molecule has 0 spiro atoms. The van der Waals surface area contributed by atoms with Crippen LogP contribution in [0.3, 0.4) is 0 Å². The van der Waals surface area contributed by atoms with Crippen LogP contribution in [0.5, 0.6) is 0 Å². The molecule has 15 heavy (non-hydrogen) atoms. The normalized spacial score (nSPS) is 10.1. The summed E-state index contributed by atoms with van der Waals surface area (Å²) >= 11 is 0. The lowest BCUT2D eigenvalue weighted by atomic mass is 10.2. The number of anilines is 1. The van der Waals surface area contributed by atoms with Gasteiger partial charge in [0.15, 0.2) is 0 Å². The van der Waals surface area contributed by atoms with Crippen LogP contribution in [0.2, 0.25) is 0 Å². The van der Waals surface area contributed by atoms with Crippen molar-refractivity contribution in [1.29, 1.82) is 0 Å². The number of nitrogens with zero attached hydrogens (tertiary/aromatic N) is 2. The molecule has 4 nitrogen and oxygen atoms in total. The molecule has 82 valence electrons. The first-order chi connectivity index (χ1) is 7.02. The standard InChI is InChI=1S/C11H16N2O2/c1-8-9(2)12-6-4-10(8)13(3)7-5-11(14)15/h4,6H,5,7H2,1-3H3,(H,14,15). The first kappa shape index (κ1) is 11.5. The highest BCUT2D eigenvalue weighted by molar-refractivity contribution is 5.68. The average molecular weight is 208 g/mol. The van der Waals surface area contributed by atoms with Crippen LogP contribution in [0.15, 0.2) is 12.3 Å². The number of aryl methyl sites for hydroxylation is 1. The maximum Gasteiger partial charge on any atom is 0.305 e. The topological polar surface area (TPSA) is 53.4 Å². The van der Waals surface area contributed by atoms with Gasteiger partial charge in [0.25, 0.3) is 0 Å². The van der Waals surface area contributed by atoms with Gasteiger partial charge in [-0.1, -0.05) is 0 Å². The molecular weight excluding hydrogens is 192 g/mol. The van der Waals surface area contributed by atoms with Crippen molar-refractivity contribution in [3.8, 4) is 0 Å². The van der Waals surface area contributed by atoms with Crippen LogP contribution in [-0.4, -0.2) is 29.7 Å². The Morgan fingerprint density at radius 3 is 2.80 bits per heavy atom. The third-order valence-electron chi connectivity index (χ3n) is 2.50. The number of rotatable bonds is 4. The van der Waals surface area contributed by atoms with Crippen LogP contribution in [0.4, 0.5) is 5.69 Å². The van der Waals surface area contributed by atoms with Crippen LogP contribution in [0, 0.1) is 13.8 Å². The number of carboxylic acid groups (broad SMARTS) is 1. The van der Waals surface area contributed by atoms with Crippen molar-refractivity contribution in [1.82, 2.24) is 4.98 Å². The molecule has 0 saturated carbocycles. The summed E-state index contributed by atoms with van der Waals surface area (Å²) < 4.78 is 0. The SMILES string of the molecule is Cc1nccc(N(C)CCC(=O)O)c1C. The molecule has 1 aromatic rings. The average Bonchev–Trinajstić information content (AvgIpc) is 2.18. The van der Waals surface area contributed by atoms with Gasteiger partial charge < -0.3 is 10.0 Å².